The number of fused-ring (bicyclic) bond motifs is 1. The Morgan fingerprint density at radius 2 is 1.83 bits per heavy atom. The van der Waals surface area contributed by atoms with E-state index in [1.807, 2.05) is 30.3 Å². The number of amides is 1. The standard InChI is InChI=1S/C26H19F3N6O/c1-32-11-10-21(31)19-14-18(17(15-30)13-20(19)26(27,28)29)25(36)34-24-23(16-7-3-2-4-8-16)33-22-9-5-6-12-35(22)24/h2-14,31-32H,1H3,(H,34,36)/b11-10-,31-21?. The number of alkyl halides is 3. The van der Waals surface area contributed by atoms with Gasteiger partial charge in [-0.25, -0.2) is 4.98 Å². The molecule has 4 aromatic rings. The Morgan fingerprint density at radius 1 is 1.11 bits per heavy atom. The van der Waals surface area contributed by atoms with Gasteiger partial charge in [0, 0.05) is 24.4 Å². The number of imidazole rings is 1. The van der Waals surface area contributed by atoms with E-state index in [9.17, 15) is 23.2 Å². The van der Waals surface area contributed by atoms with Crippen molar-refractivity contribution in [2.24, 2.45) is 0 Å². The third kappa shape index (κ3) is 4.67. The molecule has 0 fully saturated rings. The molecule has 10 heteroatoms. The lowest BCUT2D eigenvalue weighted by Crippen LogP contribution is -2.19. The molecule has 4 rings (SSSR count). The van der Waals surface area contributed by atoms with E-state index >= 15 is 0 Å². The summed E-state index contributed by atoms with van der Waals surface area (Å²) < 4.78 is 42.9. The van der Waals surface area contributed by atoms with Gasteiger partial charge in [-0.05, 0) is 36.5 Å². The molecule has 180 valence electrons. The number of anilines is 1. The maximum absolute atomic E-state index is 13.7. The summed E-state index contributed by atoms with van der Waals surface area (Å²) in [5, 5.41) is 23.0. The first-order valence-corrected chi connectivity index (χ1v) is 10.7. The molecule has 36 heavy (non-hydrogen) atoms. The number of carbonyl (C=O) groups is 1. The molecule has 0 radical (unpaired) electrons. The second kappa shape index (κ2) is 9.76. The van der Waals surface area contributed by atoms with E-state index in [1.165, 1.54) is 13.2 Å². The molecule has 0 aliphatic carbocycles. The summed E-state index contributed by atoms with van der Waals surface area (Å²) in [5.74, 6) is -0.521. The van der Waals surface area contributed by atoms with Crippen LogP contribution in [0, 0.1) is 16.7 Å². The van der Waals surface area contributed by atoms with Crippen molar-refractivity contribution in [3.63, 3.8) is 0 Å². The number of aromatic nitrogens is 2. The van der Waals surface area contributed by atoms with Gasteiger partial charge in [0.2, 0.25) is 0 Å². The molecule has 0 spiro atoms. The van der Waals surface area contributed by atoms with Crippen molar-refractivity contribution in [2.75, 3.05) is 12.4 Å². The molecule has 2 aromatic heterocycles. The number of hydrogen-bond acceptors (Lipinski definition) is 5. The van der Waals surface area contributed by atoms with E-state index in [2.05, 4.69) is 15.6 Å². The number of rotatable bonds is 6. The third-order valence-electron chi connectivity index (χ3n) is 5.34. The van der Waals surface area contributed by atoms with Crippen LogP contribution in [0.5, 0.6) is 0 Å². The van der Waals surface area contributed by atoms with E-state index in [0.29, 0.717) is 23.0 Å². The normalized spacial score (nSPS) is 11.4. The fourth-order valence-corrected chi connectivity index (χ4v) is 3.68. The van der Waals surface area contributed by atoms with Gasteiger partial charge in [-0.15, -0.1) is 0 Å². The van der Waals surface area contributed by atoms with Crippen molar-refractivity contribution in [2.45, 2.75) is 6.18 Å². The maximum Gasteiger partial charge on any atom is 0.417 e. The van der Waals surface area contributed by atoms with Crippen molar-refractivity contribution in [1.82, 2.24) is 14.7 Å². The predicted molar refractivity (Wildman–Crippen MR) is 130 cm³/mol. The van der Waals surface area contributed by atoms with Crippen LogP contribution in [0.1, 0.15) is 27.0 Å². The summed E-state index contributed by atoms with van der Waals surface area (Å²) >= 11 is 0. The van der Waals surface area contributed by atoms with Crippen molar-refractivity contribution >= 4 is 23.1 Å². The number of nitrogens with one attached hydrogen (secondary N) is 3. The third-order valence-corrected chi connectivity index (χ3v) is 5.34. The van der Waals surface area contributed by atoms with Crippen LogP contribution < -0.4 is 10.6 Å². The number of carbonyl (C=O) groups excluding carboxylic acids is 1. The molecule has 0 aliphatic rings. The van der Waals surface area contributed by atoms with Gasteiger partial charge in [0.15, 0.2) is 0 Å². The molecule has 0 unspecified atom stereocenters. The summed E-state index contributed by atoms with van der Waals surface area (Å²) in [6.45, 7) is 0. The Labute approximate surface area is 204 Å². The van der Waals surface area contributed by atoms with Crippen molar-refractivity contribution in [3.05, 3.63) is 101 Å². The van der Waals surface area contributed by atoms with Crippen molar-refractivity contribution < 1.29 is 18.0 Å². The zero-order valence-electron chi connectivity index (χ0n) is 18.9. The molecule has 0 bridgehead atoms. The molecular formula is C26H19F3N6O. The van der Waals surface area contributed by atoms with Gasteiger partial charge >= 0.3 is 6.18 Å². The fraction of sp³-hybridized carbons (Fsp3) is 0.0769. The highest BCUT2D eigenvalue weighted by Gasteiger charge is 2.36. The lowest BCUT2D eigenvalue weighted by molar-refractivity contribution is -0.137. The monoisotopic (exact) mass is 488 g/mol. The first-order chi connectivity index (χ1) is 17.2. The molecule has 0 saturated heterocycles. The second-order valence-corrected chi connectivity index (χ2v) is 7.65. The van der Waals surface area contributed by atoms with Crippen LogP contribution in [0.25, 0.3) is 16.9 Å². The molecule has 2 aromatic carbocycles. The van der Waals surface area contributed by atoms with Crippen LogP contribution in [-0.2, 0) is 6.18 Å². The topological polar surface area (TPSA) is 106 Å². The lowest BCUT2D eigenvalue weighted by atomic mass is 9.95. The number of nitrogens with zero attached hydrogens (tertiary/aromatic N) is 3. The average molecular weight is 488 g/mol. The first kappa shape index (κ1) is 24.2. The van der Waals surface area contributed by atoms with Gasteiger partial charge < -0.3 is 16.0 Å². The van der Waals surface area contributed by atoms with Crippen LogP contribution >= 0.6 is 0 Å². The number of benzene rings is 2. The molecule has 3 N–H and O–H groups in total. The quantitative estimate of drug-likeness (QED) is 0.323. The van der Waals surface area contributed by atoms with Gasteiger partial charge in [0.05, 0.1) is 28.5 Å². The van der Waals surface area contributed by atoms with Gasteiger partial charge in [-0.3, -0.25) is 9.20 Å². The van der Waals surface area contributed by atoms with Crippen LogP contribution in [0.3, 0.4) is 0 Å². The highest BCUT2D eigenvalue weighted by Crippen LogP contribution is 2.35. The van der Waals surface area contributed by atoms with Gasteiger partial charge in [-0.2, -0.15) is 18.4 Å². The van der Waals surface area contributed by atoms with Crippen LogP contribution in [0.4, 0.5) is 19.0 Å². The largest absolute Gasteiger partial charge is 0.417 e. The Morgan fingerprint density at radius 3 is 2.50 bits per heavy atom. The Balaban J connectivity index is 1.85. The summed E-state index contributed by atoms with van der Waals surface area (Å²) in [4.78, 5) is 18.0. The molecule has 0 aliphatic heterocycles. The van der Waals surface area contributed by atoms with Crippen LogP contribution in [0.2, 0.25) is 0 Å². The van der Waals surface area contributed by atoms with Crippen LogP contribution in [-0.4, -0.2) is 28.1 Å². The minimum absolute atomic E-state index is 0.289. The zero-order valence-corrected chi connectivity index (χ0v) is 18.9. The number of nitriles is 1. The van der Waals surface area contributed by atoms with E-state index in [4.69, 9.17) is 5.41 Å². The van der Waals surface area contributed by atoms with E-state index < -0.39 is 34.5 Å². The summed E-state index contributed by atoms with van der Waals surface area (Å²) in [5.41, 5.74) is -1.25. The second-order valence-electron chi connectivity index (χ2n) is 7.65. The van der Waals surface area contributed by atoms with Gasteiger partial charge in [0.25, 0.3) is 5.91 Å². The Kier molecular flexibility index (Phi) is 6.56. The Bertz CT molecular complexity index is 1530. The summed E-state index contributed by atoms with van der Waals surface area (Å²) in [6, 6.07) is 17.5. The van der Waals surface area contributed by atoms with Crippen molar-refractivity contribution in [1.29, 1.82) is 10.7 Å². The molecule has 1 amide bonds. The highest BCUT2D eigenvalue weighted by atomic mass is 19.4. The summed E-state index contributed by atoms with van der Waals surface area (Å²) in [6.07, 6.45) is -0.717. The summed E-state index contributed by atoms with van der Waals surface area (Å²) in [7, 11) is 1.53. The highest BCUT2D eigenvalue weighted by molar-refractivity contribution is 6.12. The number of hydrogen-bond donors (Lipinski definition) is 3. The molecule has 0 saturated carbocycles. The number of allylic oxidation sites excluding steroid dienone is 1. The van der Waals surface area contributed by atoms with Crippen molar-refractivity contribution in [3.8, 4) is 17.3 Å². The SMILES string of the molecule is CN/C=C\C(=N)c1cc(C(=O)Nc2c(-c3ccccc3)nc3ccccn23)c(C#N)cc1C(F)(F)F. The molecule has 2 heterocycles. The van der Waals surface area contributed by atoms with E-state index in [1.54, 1.807) is 34.9 Å². The number of pyridine rings is 1. The molecular weight excluding hydrogens is 469 g/mol. The van der Waals surface area contributed by atoms with E-state index in [-0.39, 0.29) is 11.4 Å². The lowest BCUT2D eigenvalue weighted by Gasteiger charge is -2.16. The molecule has 0 atom stereocenters. The Hall–Kier alpha value is -4.91. The maximum atomic E-state index is 13.7. The fourth-order valence-electron chi connectivity index (χ4n) is 3.68. The minimum atomic E-state index is -4.84. The first-order valence-electron chi connectivity index (χ1n) is 10.7. The zero-order chi connectivity index (χ0) is 25.9. The predicted octanol–water partition coefficient (Wildman–Crippen LogP) is 5.25. The number of halogens is 3. The average Bonchev–Trinajstić information content (AvgIpc) is 3.24. The smallest absolute Gasteiger partial charge is 0.394 e. The van der Waals surface area contributed by atoms with Gasteiger partial charge in [0.1, 0.15) is 17.2 Å². The van der Waals surface area contributed by atoms with E-state index in [0.717, 1.165) is 12.1 Å². The van der Waals surface area contributed by atoms with Gasteiger partial charge in [-0.1, -0.05) is 36.4 Å². The minimum Gasteiger partial charge on any atom is -0.394 e. The van der Waals surface area contributed by atoms with Crippen LogP contribution in [0.15, 0.2) is 79.1 Å². The molecule has 7 nitrogen and oxygen atoms in total.